The van der Waals surface area contributed by atoms with Crippen LogP contribution >= 0.6 is 0 Å². The van der Waals surface area contributed by atoms with Gasteiger partial charge in [0.1, 0.15) is 0 Å². The van der Waals surface area contributed by atoms with Crippen LogP contribution in [0.3, 0.4) is 0 Å². The van der Waals surface area contributed by atoms with Gasteiger partial charge in [0, 0.05) is 12.2 Å². The van der Waals surface area contributed by atoms with E-state index in [2.05, 4.69) is 56.5 Å². The second-order valence-electron chi connectivity index (χ2n) is 5.63. The minimum absolute atomic E-state index is 0.758. The Morgan fingerprint density at radius 1 is 1.10 bits per heavy atom. The predicted octanol–water partition coefficient (Wildman–Crippen LogP) is 4.56. The Kier molecular flexibility index (Phi) is 8.36. The molecule has 0 aromatic heterocycles. The Bertz CT molecular complexity index is 370. The predicted molar refractivity (Wildman–Crippen MR) is 90.8 cm³/mol. The zero-order valence-corrected chi connectivity index (χ0v) is 13.8. The van der Waals surface area contributed by atoms with Gasteiger partial charge in [-0.25, -0.2) is 0 Å². The molecule has 1 aliphatic carbocycles. The van der Waals surface area contributed by atoms with Crippen molar-refractivity contribution in [2.24, 2.45) is 0 Å². The average Bonchev–Trinajstić information content (AvgIpc) is 2.82. The van der Waals surface area contributed by atoms with Crippen molar-refractivity contribution in [1.29, 1.82) is 0 Å². The SMILES string of the molecule is CCCNCCC.CCNc1ccc2c(c1)C(C)CC2. The third-order valence-electron chi connectivity index (χ3n) is 3.76. The van der Waals surface area contributed by atoms with Crippen LogP contribution in [0.4, 0.5) is 5.69 Å². The molecule has 20 heavy (non-hydrogen) atoms. The van der Waals surface area contributed by atoms with E-state index in [1.54, 1.807) is 11.1 Å². The standard InChI is InChI=1S/C12H17N.C6H15N/c1-3-13-11-7-6-10-5-4-9(2)12(10)8-11;1-3-5-7-6-4-2/h6-9,13H,3-5H2,1-2H3;7H,3-6H2,1-2H3. The smallest absolute Gasteiger partial charge is 0.0343 e. The summed E-state index contributed by atoms with van der Waals surface area (Å²) < 4.78 is 0. The lowest BCUT2D eigenvalue weighted by Gasteiger charge is -2.08. The van der Waals surface area contributed by atoms with E-state index in [-0.39, 0.29) is 0 Å². The van der Waals surface area contributed by atoms with Gasteiger partial charge in [-0.1, -0.05) is 26.8 Å². The Hall–Kier alpha value is -1.02. The molecule has 1 unspecified atom stereocenters. The lowest BCUT2D eigenvalue weighted by atomic mass is 10.0. The summed E-state index contributed by atoms with van der Waals surface area (Å²) in [6, 6.07) is 6.79. The van der Waals surface area contributed by atoms with Gasteiger partial charge in [0.25, 0.3) is 0 Å². The molecule has 0 spiro atoms. The number of fused-ring (bicyclic) bond motifs is 1. The van der Waals surface area contributed by atoms with Gasteiger partial charge in [0.15, 0.2) is 0 Å². The second-order valence-corrected chi connectivity index (χ2v) is 5.63. The van der Waals surface area contributed by atoms with Gasteiger partial charge in [-0.15, -0.1) is 0 Å². The largest absolute Gasteiger partial charge is 0.385 e. The highest BCUT2D eigenvalue weighted by Gasteiger charge is 2.17. The molecule has 0 aliphatic heterocycles. The summed E-state index contributed by atoms with van der Waals surface area (Å²) in [6.07, 6.45) is 5.09. The topological polar surface area (TPSA) is 24.1 Å². The Labute approximate surface area is 125 Å². The molecular formula is C18H32N2. The lowest BCUT2D eigenvalue weighted by Crippen LogP contribution is -2.14. The monoisotopic (exact) mass is 276 g/mol. The highest BCUT2D eigenvalue weighted by atomic mass is 14.8. The number of aryl methyl sites for hydroxylation is 1. The van der Waals surface area contributed by atoms with Crippen molar-refractivity contribution in [2.45, 2.75) is 59.3 Å². The lowest BCUT2D eigenvalue weighted by molar-refractivity contribution is 0.662. The van der Waals surface area contributed by atoms with Crippen LogP contribution in [-0.2, 0) is 6.42 Å². The van der Waals surface area contributed by atoms with Crippen LogP contribution in [0.5, 0.6) is 0 Å². The first kappa shape index (κ1) is 17.0. The fourth-order valence-electron chi connectivity index (χ4n) is 2.60. The quantitative estimate of drug-likeness (QED) is 0.744. The van der Waals surface area contributed by atoms with Crippen LogP contribution in [0.1, 0.15) is 64.0 Å². The maximum absolute atomic E-state index is 3.36. The van der Waals surface area contributed by atoms with E-state index in [1.807, 2.05) is 0 Å². The number of hydrogen-bond acceptors (Lipinski definition) is 2. The minimum Gasteiger partial charge on any atom is -0.385 e. The molecule has 1 aromatic carbocycles. The molecule has 0 fully saturated rings. The van der Waals surface area contributed by atoms with Crippen molar-refractivity contribution in [1.82, 2.24) is 5.32 Å². The zero-order valence-electron chi connectivity index (χ0n) is 13.8. The van der Waals surface area contributed by atoms with Gasteiger partial charge in [0.2, 0.25) is 0 Å². The van der Waals surface area contributed by atoms with Gasteiger partial charge in [-0.3, -0.25) is 0 Å². The van der Waals surface area contributed by atoms with Crippen LogP contribution in [0.2, 0.25) is 0 Å². The highest BCUT2D eigenvalue weighted by Crippen LogP contribution is 2.34. The average molecular weight is 276 g/mol. The van der Waals surface area contributed by atoms with Crippen molar-refractivity contribution < 1.29 is 0 Å². The molecule has 2 heteroatoms. The molecule has 2 nitrogen and oxygen atoms in total. The Morgan fingerprint density at radius 2 is 1.80 bits per heavy atom. The first-order valence-corrected chi connectivity index (χ1v) is 8.30. The van der Waals surface area contributed by atoms with Gasteiger partial charge >= 0.3 is 0 Å². The molecule has 0 saturated carbocycles. The van der Waals surface area contributed by atoms with Crippen molar-refractivity contribution >= 4 is 5.69 Å². The third kappa shape index (κ3) is 5.54. The van der Waals surface area contributed by atoms with Crippen LogP contribution in [0.15, 0.2) is 18.2 Å². The maximum atomic E-state index is 3.36. The molecule has 1 atom stereocenters. The molecule has 2 rings (SSSR count). The van der Waals surface area contributed by atoms with Crippen molar-refractivity contribution in [3.8, 4) is 0 Å². The van der Waals surface area contributed by atoms with E-state index < -0.39 is 0 Å². The van der Waals surface area contributed by atoms with Gasteiger partial charge in [0.05, 0.1) is 0 Å². The van der Waals surface area contributed by atoms with Crippen molar-refractivity contribution in [3.05, 3.63) is 29.3 Å². The molecule has 1 aromatic rings. The number of hydrogen-bond donors (Lipinski definition) is 2. The molecule has 2 N–H and O–H groups in total. The number of nitrogens with one attached hydrogen (secondary N) is 2. The Balaban J connectivity index is 0.000000246. The van der Waals surface area contributed by atoms with Crippen molar-refractivity contribution in [3.63, 3.8) is 0 Å². The third-order valence-corrected chi connectivity index (χ3v) is 3.76. The van der Waals surface area contributed by atoms with Gasteiger partial charge in [-0.2, -0.15) is 0 Å². The summed E-state index contributed by atoms with van der Waals surface area (Å²) in [5.74, 6) is 0.758. The van der Waals surface area contributed by atoms with Crippen LogP contribution in [-0.4, -0.2) is 19.6 Å². The first-order valence-electron chi connectivity index (χ1n) is 8.30. The maximum Gasteiger partial charge on any atom is 0.0343 e. The van der Waals surface area contributed by atoms with E-state index in [4.69, 9.17) is 0 Å². The van der Waals surface area contributed by atoms with Crippen LogP contribution < -0.4 is 10.6 Å². The van der Waals surface area contributed by atoms with Crippen LogP contribution in [0.25, 0.3) is 0 Å². The zero-order chi connectivity index (χ0) is 14.8. The number of anilines is 1. The molecule has 0 heterocycles. The van der Waals surface area contributed by atoms with E-state index in [1.165, 1.54) is 44.5 Å². The van der Waals surface area contributed by atoms with Crippen molar-refractivity contribution in [2.75, 3.05) is 25.0 Å². The van der Waals surface area contributed by atoms with E-state index in [0.717, 1.165) is 12.5 Å². The summed E-state index contributed by atoms with van der Waals surface area (Å²) in [5, 5.41) is 6.64. The molecule has 0 saturated heterocycles. The fourth-order valence-corrected chi connectivity index (χ4v) is 2.60. The molecule has 114 valence electrons. The molecule has 0 bridgehead atoms. The van der Waals surface area contributed by atoms with E-state index in [0.29, 0.717) is 0 Å². The Morgan fingerprint density at radius 3 is 2.40 bits per heavy atom. The summed E-state index contributed by atoms with van der Waals surface area (Å²) in [6.45, 7) is 12.2. The van der Waals surface area contributed by atoms with Gasteiger partial charge in [-0.05, 0) is 74.9 Å². The molecule has 1 aliphatic rings. The summed E-state index contributed by atoms with van der Waals surface area (Å²) in [7, 11) is 0. The van der Waals surface area contributed by atoms with Gasteiger partial charge < -0.3 is 10.6 Å². The number of benzene rings is 1. The molecule has 0 amide bonds. The summed E-state index contributed by atoms with van der Waals surface area (Å²) in [4.78, 5) is 0. The number of rotatable bonds is 6. The summed E-state index contributed by atoms with van der Waals surface area (Å²) in [5.41, 5.74) is 4.38. The second kappa shape index (κ2) is 9.82. The highest BCUT2D eigenvalue weighted by molar-refractivity contribution is 5.51. The normalized spacial score (nSPS) is 16.3. The van der Waals surface area contributed by atoms with E-state index in [9.17, 15) is 0 Å². The minimum atomic E-state index is 0.758. The van der Waals surface area contributed by atoms with E-state index >= 15 is 0 Å². The fraction of sp³-hybridized carbons (Fsp3) is 0.667. The molecular weight excluding hydrogens is 244 g/mol. The summed E-state index contributed by atoms with van der Waals surface area (Å²) >= 11 is 0. The van der Waals surface area contributed by atoms with Crippen LogP contribution in [0, 0.1) is 0 Å². The molecule has 0 radical (unpaired) electrons. The first-order chi connectivity index (χ1) is 9.72.